The second kappa shape index (κ2) is 2.59. The third kappa shape index (κ3) is 0.900. The molecule has 4 heteroatoms. The maximum Gasteiger partial charge on any atom is 0.186 e. The van der Waals surface area contributed by atoms with Crippen LogP contribution in [0.2, 0.25) is 0 Å². The van der Waals surface area contributed by atoms with Gasteiger partial charge < -0.3 is 0 Å². The molecule has 2 rings (SSSR count). The first kappa shape index (κ1) is 7.29. The van der Waals surface area contributed by atoms with Gasteiger partial charge in [-0.2, -0.15) is 5.26 Å². The summed E-state index contributed by atoms with van der Waals surface area (Å²) in [6.07, 6.45) is 3.62. The molecule has 12 heavy (non-hydrogen) atoms. The van der Waals surface area contributed by atoms with Gasteiger partial charge in [-0.1, -0.05) is 11.6 Å². The Kier molecular flexibility index (Phi) is 1.58. The second-order valence-corrected chi connectivity index (χ2v) is 3.19. The normalized spacial score (nSPS) is 17.0. The summed E-state index contributed by atoms with van der Waals surface area (Å²) >= 11 is 0. The molecule has 1 fully saturated rings. The van der Waals surface area contributed by atoms with Crippen LogP contribution in [0.25, 0.3) is 0 Å². The number of aromatic nitrogens is 3. The SMILES string of the molecule is Cn1nnc(C#N)c1C1CCC1. The highest BCUT2D eigenvalue weighted by atomic mass is 15.4. The minimum Gasteiger partial charge on any atom is -0.251 e. The van der Waals surface area contributed by atoms with Crippen LogP contribution in [0, 0.1) is 11.3 Å². The number of nitrogens with zero attached hydrogens (tertiary/aromatic N) is 4. The number of hydrogen-bond donors (Lipinski definition) is 0. The smallest absolute Gasteiger partial charge is 0.186 e. The Labute approximate surface area is 70.8 Å². The summed E-state index contributed by atoms with van der Waals surface area (Å²) < 4.78 is 1.72. The van der Waals surface area contributed by atoms with E-state index < -0.39 is 0 Å². The van der Waals surface area contributed by atoms with Gasteiger partial charge in [0, 0.05) is 13.0 Å². The van der Waals surface area contributed by atoms with Gasteiger partial charge in [-0.15, -0.1) is 5.10 Å². The molecule has 1 aliphatic carbocycles. The van der Waals surface area contributed by atoms with Crippen molar-refractivity contribution in [2.45, 2.75) is 25.2 Å². The molecule has 0 spiro atoms. The predicted octanol–water partition coefficient (Wildman–Crippen LogP) is 0.954. The van der Waals surface area contributed by atoms with Crippen LogP contribution in [0.15, 0.2) is 0 Å². The first-order chi connectivity index (χ1) is 5.83. The molecule has 62 valence electrons. The maximum absolute atomic E-state index is 8.73. The van der Waals surface area contributed by atoms with Gasteiger partial charge in [-0.25, -0.2) is 0 Å². The molecule has 0 radical (unpaired) electrons. The molecule has 1 saturated carbocycles. The molecular formula is C8H10N4. The molecule has 0 bridgehead atoms. The van der Waals surface area contributed by atoms with Crippen LogP contribution >= 0.6 is 0 Å². The molecule has 4 nitrogen and oxygen atoms in total. The molecule has 1 aliphatic rings. The van der Waals surface area contributed by atoms with Crippen LogP contribution < -0.4 is 0 Å². The molecule has 0 aliphatic heterocycles. The number of nitriles is 1. The average Bonchev–Trinajstić information content (AvgIpc) is 2.30. The second-order valence-electron chi connectivity index (χ2n) is 3.19. The number of rotatable bonds is 1. The highest BCUT2D eigenvalue weighted by Crippen LogP contribution is 2.36. The minimum atomic E-state index is 0.502. The third-order valence-electron chi connectivity index (χ3n) is 2.47. The number of hydrogen-bond acceptors (Lipinski definition) is 3. The number of aryl methyl sites for hydroxylation is 1. The van der Waals surface area contributed by atoms with Crippen molar-refractivity contribution < 1.29 is 0 Å². The van der Waals surface area contributed by atoms with E-state index in [1.54, 1.807) is 4.68 Å². The molecule has 0 unspecified atom stereocenters. The van der Waals surface area contributed by atoms with Crippen molar-refractivity contribution in [3.05, 3.63) is 11.4 Å². The van der Waals surface area contributed by atoms with Gasteiger partial charge in [0.25, 0.3) is 0 Å². The van der Waals surface area contributed by atoms with Crippen LogP contribution in [-0.2, 0) is 7.05 Å². The van der Waals surface area contributed by atoms with Gasteiger partial charge in [-0.05, 0) is 12.8 Å². The van der Waals surface area contributed by atoms with Crippen molar-refractivity contribution in [1.82, 2.24) is 15.0 Å². The largest absolute Gasteiger partial charge is 0.251 e. The Morgan fingerprint density at radius 1 is 1.58 bits per heavy atom. The van der Waals surface area contributed by atoms with Gasteiger partial charge in [0.1, 0.15) is 6.07 Å². The van der Waals surface area contributed by atoms with Crippen LogP contribution in [0.3, 0.4) is 0 Å². The van der Waals surface area contributed by atoms with Gasteiger partial charge >= 0.3 is 0 Å². The lowest BCUT2D eigenvalue weighted by atomic mass is 9.82. The highest BCUT2D eigenvalue weighted by Gasteiger charge is 2.26. The van der Waals surface area contributed by atoms with E-state index in [9.17, 15) is 0 Å². The van der Waals surface area contributed by atoms with E-state index in [2.05, 4.69) is 16.4 Å². The van der Waals surface area contributed by atoms with Crippen LogP contribution in [0.4, 0.5) is 0 Å². The lowest BCUT2D eigenvalue weighted by Gasteiger charge is -2.24. The van der Waals surface area contributed by atoms with E-state index in [0.717, 1.165) is 5.69 Å². The molecule has 0 atom stereocenters. The fourth-order valence-electron chi connectivity index (χ4n) is 1.58. The Morgan fingerprint density at radius 3 is 2.83 bits per heavy atom. The van der Waals surface area contributed by atoms with Crippen molar-refractivity contribution in [3.63, 3.8) is 0 Å². The van der Waals surface area contributed by atoms with Gasteiger partial charge in [-0.3, -0.25) is 4.68 Å². The van der Waals surface area contributed by atoms with Gasteiger partial charge in [0.05, 0.1) is 5.69 Å². The van der Waals surface area contributed by atoms with Gasteiger partial charge in [0.15, 0.2) is 5.69 Å². The molecular weight excluding hydrogens is 152 g/mol. The molecule has 0 saturated heterocycles. The van der Waals surface area contributed by atoms with Crippen LogP contribution in [0.5, 0.6) is 0 Å². The fourth-order valence-corrected chi connectivity index (χ4v) is 1.58. The van der Waals surface area contributed by atoms with E-state index in [-0.39, 0.29) is 0 Å². The van der Waals surface area contributed by atoms with Crippen molar-refractivity contribution in [1.29, 1.82) is 5.26 Å². The Hall–Kier alpha value is -1.37. The molecule has 0 amide bonds. The van der Waals surface area contributed by atoms with E-state index in [4.69, 9.17) is 5.26 Å². The highest BCUT2D eigenvalue weighted by molar-refractivity contribution is 5.28. The zero-order valence-electron chi connectivity index (χ0n) is 6.99. The third-order valence-corrected chi connectivity index (χ3v) is 2.47. The van der Waals surface area contributed by atoms with E-state index >= 15 is 0 Å². The first-order valence-electron chi connectivity index (χ1n) is 4.12. The van der Waals surface area contributed by atoms with Crippen LogP contribution in [0.1, 0.15) is 36.6 Å². The summed E-state index contributed by atoms with van der Waals surface area (Å²) in [6, 6.07) is 2.07. The van der Waals surface area contributed by atoms with Gasteiger partial charge in [0.2, 0.25) is 0 Å². The Morgan fingerprint density at radius 2 is 2.33 bits per heavy atom. The summed E-state index contributed by atoms with van der Waals surface area (Å²) in [5.41, 5.74) is 1.52. The lowest BCUT2D eigenvalue weighted by Crippen LogP contribution is -2.14. The lowest BCUT2D eigenvalue weighted by molar-refractivity contribution is 0.396. The first-order valence-corrected chi connectivity index (χ1v) is 4.12. The van der Waals surface area contributed by atoms with Crippen molar-refractivity contribution in [2.24, 2.45) is 7.05 Å². The zero-order valence-corrected chi connectivity index (χ0v) is 6.99. The monoisotopic (exact) mass is 162 g/mol. The molecule has 1 aromatic heterocycles. The maximum atomic E-state index is 8.73. The average molecular weight is 162 g/mol. The molecule has 0 N–H and O–H groups in total. The Balaban J connectivity index is 2.39. The van der Waals surface area contributed by atoms with Crippen molar-refractivity contribution in [2.75, 3.05) is 0 Å². The van der Waals surface area contributed by atoms with Crippen molar-refractivity contribution >= 4 is 0 Å². The quantitative estimate of drug-likeness (QED) is 0.617. The molecule has 1 heterocycles. The van der Waals surface area contributed by atoms with E-state index in [1.165, 1.54) is 19.3 Å². The van der Waals surface area contributed by atoms with Crippen molar-refractivity contribution in [3.8, 4) is 6.07 Å². The molecule has 0 aromatic carbocycles. The predicted molar refractivity (Wildman–Crippen MR) is 42.3 cm³/mol. The summed E-state index contributed by atoms with van der Waals surface area (Å²) in [6.45, 7) is 0. The molecule has 1 aromatic rings. The standard InChI is InChI=1S/C8H10N4/c1-12-8(6-3-2-4-6)7(5-9)10-11-12/h6H,2-4H2,1H3. The van der Waals surface area contributed by atoms with E-state index in [1.807, 2.05) is 7.05 Å². The Bertz CT molecular complexity index is 329. The zero-order chi connectivity index (χ0) is 8.55. The minimum absolute atomic E-state index is 0.502. The summed E-state index contributed by atoms with van der Waals surface area (Å²) in [5.74, 6) is 0.527. The summed E-state index contributed by atoms with van der Waals surface area (Å²) in [7, 11) is 1.85. The summed E-state index contributed by atoms with van der Waals surface area (Å²) in [5, 5.41) is 16.4. The van der Waals surface area contributed by atoms with E-state index in [0.29, 0.717) is 11.6 Å². The fraction of sp³-hybridized carbons (Fsp3) is 0.625. The summed E-state index contributed by atoms with van der Waals surface area (Å²) in [4.78, 5) is 0. The topological polar surface area (TPSA) is 54.5 Å². The van der Waals surface area contributed by atoms with Crippen LogP contribution in [-0.4, -0.2) is 15.0 Å².